The van der Waals surface area contributed by atoms with Crippen molar-refractivity contribution in [2.75, 3.05) is 0 Å². The summed E-state index contributed by atoms with van der Waals surface area (Å²) in [5, 5.41) is 4.98. The van der Waals surface area contributed by atoms with Crippen molar-refractivity contribution in [2.45, 2.75) is 0 Å². The van der Waals surface area contributed by atoms with Gasteiger partial charge in [0.1, 0.15) is 0 Å². The molecule has 0 saturated heterocycles. The zero-order valence-corrected chi connectivity index (χ0v) is 30.7. The van der Waals surface area contributed by atoms with E-state index in [1.807, 2.05) is 0 Å². The summed E-state index contributed by atoms with van der Waals surface area (Å²) in [7, 11) is 0. The zero-order valence-electron chi connectivity index (χ0n) is 30.7. The van der Waals surface area contributed by atoms with Gasteiger partial charge >= 0.3 is 0 Å². The van der Waals surface area contributed by atoms with Crippen LogP contribution in [-0.2, 0) is 0 Å². The molecule has 2 aromatic heterocycles. The topological polar surface area (TPSA) is 9.86 Å². The third-order valence-electron chi connectivity index (χ3n) is 11.3. The van der Waals surface area contributed by atoms with Crippen molar-refractivity contribution in [2.24, 2.45) is 0 Å². The SMILES string of the molecule is c1ccc(-c2ccc3c(c2)c2cc(-c4ccc5c(c4)c4ccccc4n5-c4ccccc4)ccc2n3-c2cccc(-c3ccccc3-c3ccccc3)c2)cc1. The van der Waals surface area contributed by atoms with Crippen LogP contribution < -0.4 is 0 Å². The molecule has 2 heterocycles. The molecule has 0 spiro atoms. The molecule has 2 nitrogen and oxygen atoms in total. The van der Waals surface area contributed by atoms with Crippen LogP contribution in [0, 0.1) is 0 Å². The van der Waals surface area contributed by atoms with E-state index < -0.39 is 0 Å². The van der Waals surface area contributed by atoms with E-state index in [1.165, 1.54) is 93.8 Å². The summed E-state index contributed by atoms with van der Waals surface area (Å²) in [5.74, 6) is 0. The summed E-state index contributed by atoms with van der Waals surface area (Å²) in [6.45, 7) is 0. The smallest absolute Gasteiger partial charge is 0.0541 e. The Morgan fingerprint density at radius 3 is 1.25 bits per heavy atom. The Balaban J connectivity index is 1.11. The highest BCUT2D eigenvalue weighted by atomic mass is 15.0. The van der Waals surface area contributed by atoms with Crippen molar-refractivity contribution in [1.82, 2.24) is 9.13 Å². The zero-order chi connectivity index (χ0) is 37.0. The Kier molecular flexibility index (Phi) is 7.53. The summed E-state index contributed by atoms with van der Waals surface area (Å²) in [5.41, 5.74) is 16.8. The van der Waals surface area contributed by atoms with E-state index in [0.29, 0.717) is 0 Å². The van der Waals surface area contributed by atoms with E-state index in [0.717, 1.165) is 5.69 Å². The van der Waals surface area contributed by atoms with E-state index >= 15 is 0 Å². The van der Waals surface area contributed by atoms with Gasteiger partial charge < -0.3 is 9.13 Å². The van der Waals surface area contributed by atoms with Gasteiger partial charge in [-0.3, -0.25) is 0 Å². The molecule has 0 bridgehead atoms. The van der Waals surface area contributed by atoms with Crippen LogP contribution in [0.25, 0.3) is 99.5 Å². The fraction of sp³-hybridized carbons (Fsp3) is 0. The number of hydrogen-bond acceptors (Lipinski definition) is 0. The minimum atomic E-state index is 1.14. The van der Waals surface area contributed by atoms with Gasteiger partial charge in [-0.1, -0.05) is 152 Å². The van der Waals surface area contributed by atoms with E-state index in [-0.39, 0.29) is 0 Å². The highest BCUT2D eigenvalue weighted by Crippen LogP contribution is 2.40. The molecule has 0 saturated carbocycles. The maximum atomic E-state index is 2.44. The van der Waals surface area contributed by atoms with Gasteiger partial charge in [0.15, 0.2) is 0 Å². The molecular weight excluding hydrogens is 677 g/mol. The highest BCUT2D eigenvalue weighted by molar-refractivity contribution is 6.13. The van der Waals surface area contributed by atoms with E-state index in [9.17, 15) is 0 Å². The summed E-state index contributed by atoms with van der Waals surface area (Å²) in [6.07, 6.45) is 0. The number of nitrogens with zero attached hydrogens (tertiary/aromatic N) is 2. The molecule has 0 aliphatic rings. The molecule has 2 heteroatoms. The maximum Gasteiger partial charge on any atom is 0.0541 e. The van der Waals surface area contributed by atoms with Crippen LogP contribution in [0.15, 0.2) is 218 Å². The molecule has 0 unspecified atom stereocenters. The van der Waals surface area contributed by atoms with Crippen LogP contribution in [0.3, 0.4) is 0 Å². The molecule has 0 aliphatic carbocycles. The van der Waals surface area contributed by atoms with Crippen LogP contribution in [0.5, 0.6) is 0 Å². The summed E-state index contributed by atoms with van der Waals surface area (Å²) < 4.78 is 4.82. The first-order valence-electron chi connectivity index (χ1n) is 19.3. The second-order valence-electron chi connectivity index (χ2n) is 14.5. The Hall–Kier alpha value is -7.42. The van der Waals surface area contributed by atoms with Crippen LogP contribution in [0.2, 0.25) is 0 Å². The first kappa shape index (κ1) is 32.0. The average Bonchev–Trinajstić information content (AvgIpc) is 3.79. The number of rotatable bonds is 6. The van der Waals surface area contributed by atoms with Gasteiger partial charge in [-0.25, -0.2) is 0 Å². The lowest BCUT2D eigenvalue weighted by Crippen LogP contribution is -1.95. The van der Waals surface area contributed by atoms with Gasteiger partial charge in [-0.05, 0) is 111 Å². The van der Waals surface area contributed by atoms with Gasteiger partial charge in [0, 0.05) is 32.9 Å². The number of fused-ring (bicyclic) bond motifs is 6. The Morgan fingerprint density at radius 2 is 0.625 bits per heavy atom. The Morgan fingerprint density at radius 1 is 0.214 bits per heavy atom. The normalized spacial score (nSPS) is 11.6. The molecule has 0 atom stereocenters. The van der Waals surface area contributed by atoms with Gasteiger partial charge in [0.25, 0.3) is 0 Å². The Bertz CT molecular complexity index is 3220. The van der Waals surface area contributed by atoms with Crippen molar-refractivity contribution in [3.63, 3.8) is 0 Å². The number of benzene rings is 9. The standard InChI is InChI=1S/C54H36N2/c1-4-15-37(16-5-1)39-27-30-53-49(34-39)50-36-41(40-28-31-52-48(35-40)47-25-12-13-26-51(47)55(52)43-20-8-3-9-21-43)29-32-54(50)56(53)44-22-14-19-42(33-44)46-24-11-10-23-45(46)38-17-6-2-7-18-38/h1-36H. The van der Waals surface area contributed by atoms with E-state index in [4.69, 9.17) is 0 Å². The third-order valence-corrected chi connectivity index (χ3v) is 11.3. The van der Waals surface area contributed by atoms with Crippen molar-refractivity contribution in [3.8, 4) is 55.9 Å². The Labute approximate surface area is 325 Å². The van der Waals surface area contributed by atoms with Gasteiger partial charge in [0.05, 0.1) is 22.1 Å². The molecule has 11 aromatic rings. The quantitative estimate of drug-likeness (QED) is 0.162. The molecule has 0 radical (unpaired) electrons. The summed E-state index contributed by atoms with van der Waals surface area (Å²) in [4.78, 5) is 0. The monoisotopic (exact) mass is 712 g/mol. The van der Waals surface area contributed by atoms with Crippen molar-refractivity contribution >= 4 is 43.6 Å². The lowest BCUT2D eigenvalue weighted by atomic mass is 9.94. The summed E-state index contributed by atoms with van der Waals surface area (Å²) in [6, 6.07) is 79.4. The number of hydrogen-bond donors (Lipinski definition) is 0. The second kappa shape index (κ2) is 13.2. The molecule has 56 heavy (non-hydrogen) atoms. The molecular formula is C54H36N2. The lowest BCUT2D eigenvalue weighted by Gasteiger charge is -2.14. The van der Waals surface area contributed by atoms with E-state index in [1.54, 1.807) is 0 Å². The van der Waals surface area contributed by atoms with Crippen LogP contribution in [-0.4, -0.2) is 9.13 Å². The van der Waals surface area contributed by atoms with Gasteiger partial charge in [-0.2, -0.15) is 0 Å². The highest BCUT2D eigenvalue weighted by Gasteiger charge is 2.18. The molecule has 0 fully saturated rings. The largest absolute Gasteiger partial charge is 0.309 e. The average molecular weight is 713 g/mol. The van der Waals surface area contributed by atoms with Crippen LogP contribution in [0.1, 0.15) is 0 Å². The van der Waals surface area contributed by atoms with Crippen LogP contribution in [0.4, 0.5) is 0 Å². The lowest BCUT2D eigenvalue weighted by molar-refractivity contribution is 1.18. The molecule has 0 aliphatic heterocycles. The minimum absolute atomic E-state index is 1.14. The molecule has 9 aromatic carbocycles. The molecule has 0 N–H and O–H groups in total. The van der Waals surface area contributed by atoms with Crippen LogP contribution >= 0.6 is 0 Å². The first-order chi connectivity index (χ1) is 27.8. The predicted octanol–water partition coefficient (Wildman–Crippen LogP) is 14.5. The second-order valence-corrected chi connectivity index (χ2v) is 14.5. The van der Waals surface area contributed by atoms with Gasteiger partial charge in [-0.15, -0.1) is 0 Å². The van der Waals surface area contributed by atoms with Crippen molar-refractivity contribution in [3.05, 3.63) is 218 Å². The van der Waals surface area contributed by atoms with E-state index in [2.05, 4.69) is 228 Å². The minimum Gasteiger partial charge on any atom is -0.309 e. The number of para-hydroxylation sites is 2. The fourth-order valence-electron chi connectivity index (χ4n) is 8.72. The fourth-order valence-corrected chi connectivity index (χ4v) is 8.72. The molecule has 262 valence electrons. The molecule has 11 rings (SSSR count). The van der Waals surface area contributed by atoms with Gasteiger partial charge in [0.2, 0.25) is 0 Å². The maximum absolute atomic E-state index is 2.44. The first-order valence-corrected chi connectivity index (χ1v) is 19.3. The number of aromatic nitrogens is 2. The summed E-state index contributed by atoms with van der Waals surface area (Å²) >= 11 is 0. The van der Waals surface area contributed by atoms with Crippen molar-refractivity contribution in [1.29, 1.82) is 0 Å². The molecule has 0 amide bonds. The predicted molar refractivity (Wildman–Crippen MR) is 237 cm³/mol. The third kappa shape index (κ3) is 5.26. The van der Waals surface area contributed by atoms with Crippen molar-refractivity contribution < 1.29 is 0 Å².